The lowest BCUT2D eigenvalue weighted by Crippen LogP contribution is -2.27. The summed E-state index contributed by atoms with van der Waals surface area (Å²) in [6, 6.07) is 0. The molecule has 0 aromatic rings. The Balaban J connectivity index is 2.72. The summed E-state index contributed by atoms with van der Waals surface area (Å²) in [5, 5.41) is 8.44. The summed E-state index contributed by atoms with van der Waals surface area (Å²) < 4.78 is 0. The van der Waals surface area contributed by atoms with Crippen LogP contribution in [0.1, 0.15) is 40.0 Å². The average molecular weight is 164 g/mol. The van der Waals surface area contributed by atoms with E-state index < -0.39 is 0 Å². The number of rotatable bonds is 0. The van der Waals surface area contributed by atoms with Crippen LogP contribution in [0.5, 0.6) is 0 Å². The third-order valence-corrected chi connectivity index (χ3v) is 2.38. The van der Waals surface area contributed by atoms with Crippen molar-refractivity contribution in [2.24, 2.45) is 16.3 Å². The molecule has 1 atom stereocenters. The molecule has 1 aliphatic carbocycles. The van der Waals surface area contributed by atoms with E-state index in [4.69, 9.17) is 5.26 Å². The Kier molecular flexibility index (Phi) is 2.52. The molecule has 2 heteroatoms. The second-order valence-corrected chi connectivity index (χ2v) is 4.63. The van der Waals surface area contributed by atoms with Crippen molar-refractivity contribution in [2.45, 2.75) is 40.0 Å². The van der Waals surface area contributed by atoms with Crippen molar-refractivity contribution >= 4 is 5.71 Å². The standard InChI is InChI=1S/C10H16N2/c1-8-4-9(12-7-11)6-10(2,3)5-8/h8H,4-6H2,1-3H3. The van der Waals surface area contributed by atoms with Crippen molar-refractivity contribution in [2.75, 3.05) is 0 Å². The van der Waals surface area contributed by atoms with Crippen LogP contribution in [0.2, 0.25) is 0 Å². The Bertz CT molecular complexity index is 233. The first kappa shape index (κ1) is 9.25. The molecule has 0 aromatic carbocycles. The van der Waals surface area contributed by atoms with Crippen LogP contribution in [0.15, 0.2) is 4.99 Å². The molecule has 0 amide bonds. The van der Waals surface area contributed by atoms with Crippen LogP contribution >= 0.6 is 0 Å². The second-order valence-electron chi connectivity index (χ2n) is 4.63. The van der Waals surface area contributed by atoms with Crippen LogP contribution in [0.3, 0.4) is 0 Å². The Labute approximate surface area is 74.3 Å². The quantitative estimate of drug-likeness (QED) is 0.507. The Hall–Kier alpha value is -0.840. The Morgan fingerprint density at radius 2 is 2.25 bits per heavy atom. The van der Waals surface area contributed by atoms with Gasteiger partial charge in [-0.2, -0.15) is 10.3 Å². The van der Waals surface area contributed by atoms with Gasteiger partial charge in [0.05, 0.1) is 0 Å². The first-order chi connectivity index (χ1) is 5.53. The van der Waals surface area contributed by atoms with E-state index in [1.165, 1.54) is 6.42 Å². The highest BCUT2D eigenvalue weighted by Crippen LogP contribution is 2.36. The molecule has 0 aliphatic heterocycles. The largest absolute Gasteiger partial charge is 0.205 e. The van der Waals surface area contributed by atoms with Crippen molar-refractivity contribution in [3.8, 4) is 6.19 Å². The number of nitrogens with zero attached hydrogens (tertiary/aromatic N) is 2. The highest BCUT2D eigenvalue weighted by Gasteiger charge is 2.29. The summed E-state index contributed by atoms with van der Waals surface area (Å²) in [6.45, 7) is 6.72. The zero-order valence-corrected chi connectivity index (χ0v) is 8.09. The minimum absolute atomic E-state index is 0.341. The van der Waals surface area contributed by atoms with Crippen molar-refractivity contribution in [1.29, 1.82) is 5.26 Å². The molecule has 1 fully saturated rings. The molecular weight excluding hydrogens is 148 g/mol. The molecule has 0 N–H and O–H groups in total. The fourth-order valence-electron chi connectivity index (χ4n) is 2.27. The Morgan fingerprint density at radius 1 is 1.58 bits per heavy atom. The van der Waals surface area contributed by atoms with Gasteiger partial charge < -0.3 is 0 Å². The first-order valence-corrected chi connectivity index (χ1v) is 4.48. The van der Waals surface area contributed by atoms with E-state index in [0.29, 0.717) is 11.3 Å². The SMILES string of the molecule is CC1CC(=NC#N)CC(C)(C)C1. The maximum absolute atomic E-state index is 8.44. The van der Waals surface area contributed by atoms with Crippen LogP contribution in [0.25, 0.3) is 0 Å². The van der Waals surface area contributed by atoms with Gasteiger partial charge in [-0.15, -0.1) is 0 Å². The van der Waals surface area contributed by atoms with Gasteiger partial charge in [0.15, 0.2) is 0 Å². The lowest BCUT2D eigenvalue weighted by Gasteiger charge is -2.33. The van der Waals surface area contributed by atoms with Crippen LogP contribution < -0.4 is 0 Å². The molecule has 2 nitrogen and oxygen atoms in total. The fraction of sp³-hybridized carbons (Fsp3) is 0.800. The highest BCUT2D eigenvalue weighted by molar-refractivity contribution is 5.86. The third-order valence-electron chi connectivity index (χ3n) is 2.38. The van der Waals surface area contributed by atoms with Crippen molar-refractivity contribution < 1.29 is 0 Å². The van der Waals surface area contributed by atoms with Crippen LogP contribution in [-0.4, -0.2) is 5.71 Å². The normalized spacial score (nSPS) is 31.5. The predicted octanol–water partition coefficient (Wildman–Crippen LogP) is 2.75. The topological polar surface area (TPSA) is 36.1 Å². The molecule has 12 heavy (non-hydrogen) atoms. The van der Waals surface area contributed by atoms with Gasteiger partial charge in [-0.25, -0.2) is 0 Å². The molecule has 1 saturated carbocycles. The lowest BCUT2D eigenvalue weighted by atomic mass is 9.72. The molecule has 0 bridgehead atoms. The molecule has 0 spiro atoms. The van der Waals surface area contributed by atoms with Gasteiger partial charge in [0, 0.05) is 5.71 Å². The number of aliphatic imine (C=N–C) groups is 1. The fourth-order valence-corrected chi connectivity index (χ4v) is 2.27. The van der Waals surface area contributed by atoms with Crippen LogP contribution in [0, 0.1) is 22.8 Å². The van der Waals surface area contributed by atoms with E-state index in [9.17, 15) is 0 Å². The summed E-state index contributed by atoms with van der Waals surface area (Å²) in [5.41, 5.74) is 1.43. The van der Waals surface area contributed by atoms with E-state index in [-0.39, 0.29) is 0 Å². The monoisotopic (exact) mass is 164 g/mol. The minimum atomic E-state index is 0.341. The van der Waals surface area contributed by atoms with Crippen molar-refractivity contribution in [3.05, 3.63) is 0 Å². The number of hydrogen-bond donors (Lipinski definition) is 0. The van der Waals surface area contributed by atoms with Crippen LogP contribution in [-0.2, 0) is 0 Å². The smallest absolute Gasteiger partial charge is 0.183 e. The molecule has 66 valence electrons. The molecule has 0 radical (unpaired) electrons. The molecule has 1 unspecified atom stereocenters. The summed E-state index contributed by atoms with van der Waals surface area (Å²) in [7, 11) is 0. The molecule has 0 heterocycles. The maximum atomic E-state index is 8.44. The number of hydrogen-bond acceptors (Lipinski definition) is 2. The van der Waals surface area contributed by atoms with E-state index in [2.05, 4.69) is 25.8 Å². The average Bonchev–Trinajstić information content (AvgIpc) is 1.82. The molecule has 1 aliphatic rings. The van der Waals surface area contributed by atoms with Gasteiger partial charge in [-0.3, -0.25) is 0 Å². The van der Waals surface area contributed by atoms with Gasteiger partial charge in [-0.1, -0.05) is 20.8 Å². The van der Waals surface area contributed by atoms with Gasteiger partial charge in [0.2, 0.25) is 6.19 Å². The molecular formula is C10H16N2. The summed E-state index contributed by atoms with van der Waals surface area (Å²) in [6.07, 6.45) is 5.13. The van der Waals surface area contributed by atoms with Gasteiger partial charge in [0.25, 0.3) is 0 Å². The van der Waals surface area contributed by atoms with E-state index in [0.717, 1.165) is 18.6 Å². The summed E-state index contributed by atoms with van der Waals surface area (Å²) >= 11 is 0. The van der Waals surface area contributed by atoms with Gasteiger partial charge >= 0.3 is 0 Å². The third kappa shape index (κ3) is 2.34. The minimum Gasteiger partial charge on any atom is -0.183 e. The summed E-state index contributed by atoms with van der Waals surface area (Å²) in [5.74, 6) is 0.681. The molecule has 0 saturated heterocycles. The summed E-state index contributed by atoms with van der Waals surface area (Å²) in [4.78, 5) is 3.85. The zero-order valence-electron chi connectivity index (χ0n) is 8.09. The first-order valence-electron chi connectivity index (χ1n) is 4.48. The number of nitriles is 1. The lowest BCUT2D eigenvalue weighted by molar-refractivity contribution is 0.266. The van der Waals surface area contributed by atoms with Gasteiger partial charge in [0.1, 0.15) is 0 Å². The second kappa shape index (κ2) is 3.26. The van der Waals surface area contributed by atoms with Gasteiger partial charge in [-0.05, 0) is 30.6 Å². The maximum Gasteiger partial charge on any atom is 0.205 e. The highest BCUT2D eigenvalue weighted by atomic mass is 14.7. The van der Waals surface area contributed by atoms with E-state index >= 15 is 0 Å². The van der Waals surface area contributed by atoms with Crippen molar-refractivity contribution in [3.63, 3.8) is 0 Å². The molecule has 0 aromatic heterocycles. The Morgan fingerprint density at radius 3 is 2.75 bits per heavy atom. The van der Waals surface area contributed by atoms with E-state index in [1.807, 2.05) is 6.19 Å². The van der Waals surface area contributed by atoms with Crippen molar-refractivity contribution in [1.82, 2.24) is 0 Å². The van der Waals surface area contributed by atoms with E-state index in [1.54, 1.807) is 0 Å². The van der Waals surface area contributed by atoms with Crippen LogP contribution in [0.4, 0.5) is 0 Å². The zero-order chi connectivity index (χ0) is 9.19. The molecule has 1 rings (SSSR count). The predicted molar refractivity (Wildman–Crippen MR) is 49.8 cm³/mol.